The summed E-state index contributed by atoms with van der Waals surface area (Å²) in [6.07, 6.45) is 1.11. The van der Waals surface area contributed by atoms with Crippen LogP contribution in [0.2, 0.25) is 0 Å². The maximum Gasteiger partial charge on any atom is 0.333 e. The summed E-state index contributed by atoms with van der Waals surface area (Å²) in [6, 6.07) is 0. The van der Waals surface area contributed by atoms with Crippen molar-refractivity contribution >= 4 is 17.9 Å². The van der Waals surface area contributed by atoms with Crippen LogP contribution in [0.4, 0.5) is 0 Å². The van der Waals surface area contributed by atoms with Crippen molar-refractivity contribution < 1.29 is 38.4 Å². The minimum atomic E-state index is -0.927. The minimum absolute atomic E-state index is 0.142. The molecule has 2 rings (SSSR count). The Kier molecular flexibility index (Phi) is 9.71. The number of carbonyl (C=O) groups is 3. The lowest BCUT2D eigenvalue weighted by molar-refractivity contribution is -0.181. The highest BCUT2D eigenvalue weighted by Crippen LogP contribution is 2.48. The number of hydrogen-bond acceptors (Lipinski definition) is 8. The van der Waals surface area contributed by atoms with Crippen molar-refractivity contribution in [3.63, 3.8) is 0 Å². The van der Waals surface area contributed by atoms with Gasteiger partial charge in [-0.2, -0.15) is 0 Å². The van der Waals surface area contributed by atoms with Gasteiger partial charge in [0.1, 0.15) is 18.3 Å². The van der Waals surface area contributed by atoms with Gasteiger partial charge in [-0.05, 0) is 65.9 Å². The number of aliphatic hydroxyl groups is 1. The van der Waals surface area contributed by atoms with Crippen LogP contribution < -0.4 is 0 Å². The molecule has 0 aromatic rings. The van der Waals surface area contributed by atoms with Gasteiger partial charge in [0.05, 0.1) is 17.6 Å². The fourth-order valence-electron chi connectivity index (χ4n) is 4.58. The van der Waals surface area contributed by atoms with Crippen molar-refractivity contribution in [1.82, 2.24) is 0 Å². The van der Waals surface area contributed by atoms with Gasteiger partial charge in [0.2, 0.25) is 0 Å². The Morgan fingerprint density at radius 1 is 1.11 bits per heavy atom. The molecule has 35 heavy (non-hydrogen) atoms. The van der Waals surface area contributed by atoms with E-state index in [1.54, 1.807) is 26.8 Å². The Bertz CT molecular complexity index is 857. The van der Waals surface area contributed by atoms with E-state index in [-0.39, 0.29) is 5.92 Å². The standard InChI is InChI=1S/C27H42O8/c1-10-15(4)25(30)33-22-20(14(2)3)23(34-26(31)17(6)18(7)28)24-27(9,35-24)13-11-12-16(5)21(22)32-19(8)29/h10,12,14,17-18,20-24,28H,11,13H2,1-9H3. The van der Waals surface area contributed by atoms with E-state index in [1.807, 2.05) is 33.8 Å². The van der Waals surface area contributed by atoms with Crippen LogP contribution >= 0.6 is 0 Å². The Labute approximate surface area is 209 Å². The van der Waals surface area contributed by atoms with Crippen LogP contribution in [-0.4, -0.2) is 59.1 Å². The van der Waals surface area contributed by atoms with E-state index >= 15 is 0 Å². The summed E-state index contributed by atoms with van der Waals surface area (Å²) >= 11 is 0. The van der Waals surface area contributed by atoms with Gasteiger partial charge in [-0.25, -0.2) is 4.79 Å². The van der Waals surface area contributed by atoms with Crippen LogP contribution in [0.3, 0.4) is 0 Å². The SMILES string of the molecule is CC=C(C)C(=O)OC1C(OC(C)=O)C(C)=CCCC2(C)OC2C(OC(=O)C(C)C(C)O)C1C(C)C. The van der Waals surface area contributed by atoms with Crippen molar-refractivity contribution in [1.29, 1.82) is 0 Å². The van der Waals surface area contributed by atoms with Crippen LogP contribution in [0.5, 0.6) is 0 Å². The molecule has 0 saturated carbocycles. The summed E-state index contributed by atoms with van der Waals surface area (Å²) in [5, 5.41) is 9.97. The van der Waals surface area contributed by atoms with Crippen LogP contribution in [-0.2, 0) is 33.3 Å². The first-order valence-electron chi connectivity index (χ1n) is 12.5. The average Bonchev–Trinajstić information content (AvgIpc) is 3.44. The third kappa shape index (κ3) is 6.94. The van der Waals surface area contributed by atoms with Crippen LogP contribution in [0, 0.1) is 17.8 Å². The summed E-state index contributed by atoms with van der Waals surface area (Å²) in [4.78, 5) is 38.1. The largest absolute Gasteiger partial charge is 0.459 e. The number of fused-ring (bicyclic) bond motifs is 1. The highest BCUT2D eigenvalue weighted by Gasteiger charge is 2.61. The number of esters is 3. The molecule has 8 nitrogen and oxygen atoms in total. The highest BCUT2D eigenvalue weighted by molar-refractivity contribution is 5.87. The predicted molar refractivity (Wildman–Crippen MR) is 130 cm³/mol. The molecule has 1 saturated heterocycles. The molecule has 1 fully saturated rings. The number of rotatable bonds is 7. The fraction of sp³-hybridized carbons (Fsp3) is 0.741. The summed E-state index contributed by atoms with van der Waals surface area (Å²) in [6.45, 7) is 15.6. The molecule has 0 bridgehead atoms. The van der Waals surface area contributed by atoms with Crippen molar-refractivity contribution in [2.24, 2.45) is 17.8 Å². The van der Waals surface area contributed by atoms with Crippen molar-refractivity contribution in [3.8, 4) is 0 Å². The van der Waals surface area contributed by atoms with Crippen LogP contribution in [0.25, 0.3) is 0 Å². The molecular weight excluding hydrogens is 452 g/mol. The van der Waals surface area contributed by atoms with Gasteiger partial charge in [-0.1, -0.05) is 26.0 Å². The van der Waals surface area contributed by atoms with Crippen molar-refractivity contribution in [3.05, 3.63) is 23.3 Å². The van der Waals surface area contributed by atoms with Crippen LogP contribution in [0.15, 0.2) is 23.3 Å². The molecule has 0 amide bonds. The zero-order valence-corrected chi connectivity index (χ0v) is 22.5. The highest BCUT2D eigenvalue weighted by atomic mass is 16.6. The van der Waals surface area contributed by atoms with E-state index in [1.165, 1.54) is 13.8 Å². The van der Waals surface area contributed by atoms with Gasteiger partial charge in [-0.3, -0.25) is 9.59 Å². The summed E-state index contributed by atoms with van der Waals surface area (Å²) in [7, 11) is 0. The van der Waals surface area contributed by atoms with E-state index in [9.17, 15) is 19.5 Å². The third-order valence-electron chi connectivity index (χ3n) is 7.26. The fourth-order valence-corrected chi connectivity index (χ4v) is 4.58. The van der Waals surface area contributed by atoms with Gasteiger partial charge in [0.15, 0.2) is 6.10 Å². The zero-order valence-electron chi connectivity index (χ0n) is 22.5. The molecule has 1 heterocycles. The predicted octanol–water partition coefficient (Wildman–Crippen LogP) is 3.89. The van der Waals surface area contributed by atoms with E-state index in [0.29, 0.717) is 18.4 Å². The number of epoxide rings is 1. The Hall–Kier alpha value is -2.19. The number of hydrogen-bond donors (Lipinski definition) is 1. The quantitative estimate of drug-likeness (QED) is 0.187. The number of allylic oxidation sites excluding steroid dienone is 2. The van der Waals surface area contributed by atoms with Gasteiger partial charge in [0.25, 0.3) is 0 Å². The van der Waals surface area contributed by atoms with Crippen LogP contribution in [0.1, 0.15) is 75.2 Å². The lowest BCUT2D eigenvalue weighted by Crippen LogP contribution is -2.52. The zero-order chi connectivity index (χ0) is 26.7. The molecule has 1 aliphatic carbocycles. The first kappa shape index (κ1) is 29.0. The molecule has 0 spiro atoms. The topological polar surface area (TPSA) is 112 Å². The number of ether oxygens (including phenoxy) is 4. The van der Waals surface area contributed by atoms with E-state index < -0.39 is 65.9 Å². The minimum Gasteiger partial charge on any atom is -0.459 e. The molecule has 2 aliphatic rings. The molecule has 1 aliphatic heterocycles. The monoisotopic (exact) mass is 494 g/mol. The second-order valence-electron chi connectivity index (χ2n) is 10.5. The molecule has 0 aromatic carbocycles. The summed E-state index contributed by atoms with van der Waals surface area (Å²) in [5.74, 6) is -3.04. The lowest BCUT2D eigenvalue weighted by Gasteiger charge is -2.40. The second kappa shape index (κ2) is 11.7. The van der Waals surface area contributed by atoms with Crippen molar-refractivity contribution in [2.45, 2.75) is 111 Å². The first-order chi connectivity index (χ1) is 16.2. The number of aliphatic hydroxyl groups excluding tert-OH is 1. The Morgan fingerprint density at radius 2 is 1.74 bits per heavy atom. The maximum absolute atomic E-state index is 13.0. The molecular formula is C27H42O8. The molecule has 8 heteroatoms. The lowest BCUT2D eigenvalue weighted by atomic mass is 9.77. The molecule has 198 valence electrons. The van der Waals surface area contributed by atoms with Crippen molar-refractivity contribution in [2.75, 3.05) is 0 Å². The van der Waals surface area contributed by atoms with Gasteiger partial charge in [-0.15, -0.1) is 0 Å². The van der Waals surface area contributed by atoms with Gasteiger partial charge < -0.3 is 24.1 Å². The average molecular weight is 495 g/mol. The molecule has 1 N–H and O–H groups in total. The molecule has 0 aromatic heterocycles. The molecule has 0 radical (unpaired) electrons. The molecule has 8 atom stereocenters. The summed E-state index contributed by atoms with van der Waals surface area (Å²) < 4.78 is 23.9. The third-order valence-corrected chi connectivity index (χ3v) is 7.26. The van der Waals surface area contributed by atoms with E-state index in [0.717, 1.165) is 5.57 Å². The van der Waals surface area contributed by atoms with Gasteiger partial charge in [0, 0.05) is 18.4 Å². The maximum atomic E-state index is 13.0. The second-order valence-corrected chi connectivity index (χ2v) is 10.5. The Morgan fingerprint density at radius 3 is 2.26 bits per heavy atom. The summed E-state index contributed by atoms with van der Waals surface area (Å²) in [5.41, 5.74) is 0.661. The number of carbonyl (C=O) groups excluding carboxylic acids is 3. The van der Waals surface area contributed by atoms with Gasteiger partial charge >= 0.3 is 17.9 Å². The first-order valence-corrected chi connectivity index (χ1v) is 12.5. The Balaban J connectivity index is 2.64. The van der Waals surface area contributed by atoms with E-state index in [4.69, 9.17) is 18.9 Å². The smallest absolute Gasteiger partial charge is 0.333 e. The molecule has 8 unspecified atom stereocenters. The normalized spacial score (nSPS) is 33.1. The van der Waals surface area contributed by atoms with E-state index in [2.05, 4.69) is 0 Å².